The third-order valence-electron chi connectivity index (χ3n) is 3.55. The number of rotatable bonds is 5. The number of aromatic nitrogens is 2. The number of halogens is 1. The number of methoxy groups -OCH3 is 1. The molecule has 0 bridgehead atoms. The Balaban J connectivity index is 1.70. The van der Waals surface area contributed by atoms with Crippen molar-refractivity contribution in [2.75, 3.05) is 17.7 Å². The van der Waals surface area contributed by atoms with Gasteiger partial charge in [0, 0.05) is 17.6 Å². The topological polar surface area (TPSA) is 93.2 Å². The van der Waals surface area contributed by atoms with Gasteiger partial charge in [-0.3, -0.25) is 4.79 Å². The maximum absolute atomic E-state index is 12.9. The smallest absolute Gasteiger partial charge is 0.337 e. The van der Waals surface area contributed by atoms with Crippen LogP contribution in [0.15, 0.2) is 60.8 Å². The Morgan fingerprint density at radius 1 is 0.963 bits per heavy atom. The van der Waals surface area contributed by atoms with Crippen molar-refractivity contribution in [2.24, 2.45) is 0 Å². The summed E-state index contributed by atoms with van der Waals surface area (Å²) in [5, 5.41) is 5.58. The van der Waals surface area contributed by atoms with Gasteiger partial charge in [-0.25, -0.2) is 19.2 Å². The van der Waals surface area contributed by atoms with E-state index in [-0.39, 0.29) is 17.5 Å². The Kier molecular flexibility index (Phi) is 5.36. The molecule has 7 nitrogen and oxygen atoms in total. The second-order valence-electron chi connectivity index (χ2n) is 5.42. The molecule has 27 heavy (non-hydrogen) atoms. The van der Waals surface area contributed by atoms with Gasteiger partial charge in [0.05, 0.1) is 12.7 Å². The Bertz CT molecular complexity index is 959. The van der Waals surface area contributed by atoms with Gasteiger partial charge in [-0.2, -0.15) is 0 Å². The van der Waals surface area contributed by atoms with Crippen LogP contribution in [-0.2, 0) is 4.74 Å². The Labute approximate surface area is 154 Å². The third-order valence-corrected chi connectivity index (χ3v) is 3.55. The number of anilines is 3. The molecule has 1 aromatic heterocycles. The van der Waals surface area contributed by atoms with Crippen LogP contribution in [-0.4, -0.2) is 29.0 Å². The van der Waals surface area contributed by atoms with Gasteiger partial charge < -0.3 is 15.4 Å². The second kappa shape index (κ2) is 8.05. The zero-order chi connectivity index (χ0) is 19.2. The number of amides is 1. The van der Waals surface area contributed by atoms with E-state index in [9.17, 15) is 14.0 Å². The van der Waals surface area contributed by atoms with Gasteiger partial charge in [0.15, 0.2) is 0 Å². The first-order valence-electron chi connectivity index (χ1n) is 7.90. The van der Waals surface area contributed by atoms with Gasteiger partial charge in [0.25, 0.3) is 5.91 Å². The average Bonchev–Trinajstić information content (AvgIpc) is 2.70. The number of benzene rings is 2. The summed E-state index contributed by atoms with van der Waals surface area (Å²) in [5.74, 6) is -1.06. The lowest BCUT2D eigenvalue weighted by Crippen LogP contribution is -2.14. The van der Waals surface area contributed by atoms with Crippen LogP contribution in [0.1, 0.15) is 20.8 Å². The minimum Gasteiger partial charge on any atom is -0.465 e. The van der Waals surface area contributed by atoms with E-state index >= 15 is 0 Å². The van der Waals surface area contributed by atoms with Crippen molar-refractivity contribution in [1.82, 2.24) is 9.97 Å². The molecule has 3 aromatic rings. The highest BCUT2D eigenvalue weighted by Crippen LogP contribution is 2.15. The molecule has 0 fully saturated rings. The van der Waals surface area contributed by atoms with Crippen LogP contribution in [0.4, 0.5) is 21.7 Å². The summed E-state index contributed by atoms with van der Waals surface area (Å²) >= 11 is 0. The molecule has 0 spiro atoms. The first-order valence-corrected chi connectivity index (χ1v) is 7.90. The molecule has 1 heterocycles. The summed E-state index contributed by atoms with van der Waals surface area (Å²) in [6.45, 7) is 0. The van der Waals surface area contributed by atoms with Gasteiger partial charge >= 0.3 is 5.97 Å². The number of carbonyl (C=O) groups is 2. The lowest BCUT2D eigenvalue weighted by atomic mass is 10.2. The number of nitrogens with one attached hydrogen (secondary N) is 2. The molecule has 0 aliphatic carbocycles. The molecule has 0 saturated carbocycles. The van der Waals surface area contributed by atoms with Crippen LogP contribution in [0.3, 0.4) is 0 Å². The van der Waals surface area contributed by atoms with E-state index in [1.165, 1.54) is 43.6 Å². The van der Waals surface area contributed by atoms with Crippen LogP contribution < -0.4 is 10.6 Å². The first kappa shape index (κ1) is 18.0. The SMILES string of the molecule is COC(=O)c1ccc(Nc2nccc(C(=O)Nc3ccc(F)cc3)n2)cc1. The summed E-state index contributed by atoms with van der Waals surface area (Å²) in [4.78, 5) is 31.9. The van der Waals surface area contributed by atoms with Gasteiger partial charge in [-0.05, 0) is 54.6 Å². The maximum Gasteiger partial charge on any atom is 0.337 e. The van der Waals surface area contributed by atoms with E-state index in [0.717, 1.165) is 0 Å². The van der Waals surface area contributed by atoms with Crippen molar-refractivity contribution in [3.05, 3.63) is 77.9 Å². The zero-order valence-corrected chi connectivity index (χ0v) is 14.3. The molecule has 0 radical (unpaired) electrons. The molecule has 0 atom stereocenters. The van der Waals surface area contributed by atoms with Crippen LogP contribution in [0.25, 0.3) is 0 Å². The molecule has 0 aliphatic heterocycles. The van der Waals surface area contributed by atoms with E-state index in [4.69, 9.17) is 0 Å². The molecule has 0 saturated heterocycles. The lowest BCUT2D eigenvalue weighted by molar-refractivity contribution is 0.0600. The zero-order valence-electron chi connectivity index (χ0n) is 14.3. The highest BCUT2D eigenvalue weighted by atomic mass is 19.1. The molecular formula is C19H15FN4O3. The Morgan fingerprint density at radius 3 is 2.30 bits per heavy atom. The fourth-order valence-corrected chi connectivity index (χ4v) is 2.21. The maximum atomic E-state index is 12.9. The van der Waals surface area contributed by atoms with Crippen molar-refractivity contribution in [2.45, 2.75) is 0 Å². The summed E-state index contributed by atoms with van der Waals surface area (Å²) in [7, 11) is 1.31. The minimum atomic E-state index is -0.451. The molecule has 8 heteroatoms. The van der Waals surface area contributed by atoms with Gasteiger partial charge in [-0.15, -0.1) is 0 Å². The number of hydrogen-bond acceptors (Lipinski definition) is 6. The van der Waals surface area contributed by atoms with E-state index in [2.05, 4.69) is 25.3 Å². The van der Waals surface area contributed by atoms with Crippen molar-refractivity contribution in [1.29, 1.82) is 0 Å². The number of esters is 1. The molecule has 3 rings (SSSR count). The van der Waals surface area contributed by atoms with Gasteiger partial charge in [0.1, 0.15) is 11.5 Å². The lowest BCUT2D eigenvalue weighted by Gasteiger charge is -2.08. The van der Waals surface area contributed by atoms with Gasteiger partial charge in [-0.1, -0.05) is 0 Å². The molecular weight excluding hydrogens is 351 g/mol. The summed E-state index contributed by atoms with van der Waals surface area (Å²) < 4.78 is 17.6. The minimum absolute atomic E-state index is 0.142. The predicted molar refractivity (Wildman–Crippen MR) is 97.4 cm³/mol. The molecule has 2 N–H and O–H groups in total. The fourth-order valence-electron chi connectivity index (χ4n) is 2.21. The van der Waals surface area contributed by atoms with Crippen LogP contribution >= 0.6 is 0 Å². The summed E-state index contributed by atoms with van der Waals surface area (Å²) in [6.07, 6.45) is 1.44. The number of hydrogen-bond donors (Lipinski definition) is 2. The van der Waals surface area contributed by atoms with Crippen molar-refractivity contribution >= 4 is 29.2 Å². The third kappa shape index (κ3) is 4.63. The van der Waals surface area contributed by atoms with Crippen molar-refractivity contribution in [3.63, 3.8) is 0 Å². The van der Waals surface area contributed by atoms with Crippen molar-refractivity contribution < 1.29 is 18.7 Å². The van der Waals surface area contributed by atoms with E-state index in [0.29, 0.717) is 16.9 Å². The molecule has 0 aliphatic rings. The van der Waals surface area contributed by atoms with Gasteiger partial charge in [0.2, 0.25) is 5.95 Å². The highest BCUT2D eigenvalue weighted by molar-refractivity contribution is 6.03. The normalized spacial score (nSPS) is 10.1. The van der Waals surface area contributed by atoms with Crippen LogP contribution in [0.5, 0.6) is 0 Å². The van der Waals surface area contributed by atoms with E-state index < -0.39 is 11.9 Å². The standard InChI is InChI=1S/C19H15FN4O3/c1-27-18(26)12-2-6-15(7-3-12)23-19-21-11-10-16(24-19)17(25)22-14-8-4-13(20)5-9-14/h2-11H,1H3,(H,22,25)(H,21,23,24). The molecule has 2 aromatic carbocycles. The number of ether oxygens (including phenoxy) is 1. The quantitative estimate of drug-likeness (QED) is 0.672. The molecule has 0 unspecified atom stereocenters. The predicted octanol–water partition coefficient (Wildman–Crippen LogP) is 3.40. The summed E-state index contributed by atoms with van der Waals surface area (Å²) in [5.41, 5.74) is 1.64. The Morgan fingerprint density at radius 2 is 1.63 bits per heavy atom. The molecule has 136 valence electrons. The van der Waals surface area contributed by atoms with E-state index in [1.807, 2.05) is 0 Å². The molecule has 1 amide bonds. The Hall–Kier alpha value is -3.81. The second-order valence-corrected chi connectivity index (χ2v) is 5.42. The van der Waals surface area contributed by atoms with Crippen LogP contribution in [0.2, 0.25) is 0 Å². The van der Waals surface area contributed by atoms with E-state index in [1.54, 1.807) is 24.3 Å². The first-order chi connectivity index (χ1) is 13.0. The van der Waals surface area contributed by atoms with Crippen molar-refractivity contribution in [3.8, 4) is 0 Å². The fraction of sp³-hybridized carbons (Fsp3) is 0.0526. The average molecular weight is 366 g/mol. The van der Waals surface area contributed by atoms with Crippen LogP contribution in [0, 0.1) is 5.82 Å². The number of nitrogens with zero attached hydrogens (tertiary/aromatic N) is 2. The highest BCUT2D eigenvalue weighted by Gasteiger charge is 2.10. The largest absolute Gasteiger partial charge is 0.465 e. The summed E-state index contributed by atoms with van der Waals surface area (Å²) in [6, 6.07) is 13.4. The number of carbonyl (C=O) groups excluding carboxylic acids is 2. The monoisotopic (exact) mass is 366 g/mol.